The molecule has 1 amide bonds. The number of fused-ring (bicyclic) bond motifs is 1. The van der Waals surface area contributed by atoms with E-state index in [9.17, 15) is 9.18 Å². The first-order valence-electron chi connectivity index (χ1n) is 8.54. The Morgan fingerprint density at radius 1 is 1.10 bits per heavy atom. The summed E-state index contributed by atoms with van der Waals surface area (Å²) < 4.78 is 18.0. The highest BCUT2D eigenvalue weighted by Crippen LogP contribution is 2.21. The molecule has 0 saturated heterocycles. The van der Waals surface area contributed by atoms with Crippen LogP contribution in [0.5, 0.6) is 0 Å². The zero-order valence-corrected chi connectivity index (χ0v) is 15.0. The first kappa shape index (κ1) is 18.4. The summed E-state index contributed by atoms with van der Waals surface area (Å²) in [5, 5.41) is 11.7. The van der Waals surface area contributed by atoms with Gasteiger partial charge in [0.15, 0.2) is 11.5 Å². The van der Waals surface area contributed by atoms with Crippen LogP contribution in [0.2, 0.25) is 0 Å². The van der Waals surface area contributed by atoms with Crippen LogP contribution < -0.4 is 16.5 Å². The van der Waals surface area contributed by atoms with E-state index in [-0.39, 0.29) is 22.8 Å². The topological polar surface area (TPSA) is 106 Å². The second-order valence-electron chi connectivity index (χ2n) is 6.15. The van der Waals surface area contributed by atoms with Crippen LogP contribution in [0.4, 0.5) is 15.9 Å². The van der Waals surface area contributed by atoms with Crippen molar-refractivity contribution in [1.29, 1.82) is 0 Å². The van der Waals surface area contributed by atoms with E-state index in [0.29, 0.717) is 11.3 Å². The number of amidine groups is 1. The molecule has 3 N–H and O–H groups in total. The zero-order chi connectivity index (χ0) is 20.4. The average Bonchev–Trinajstić information content (AvgIpc) is 3.18. The van der Waals surface area contributed by atoms with E-state index >= 15 is 0 Å². The maximum absolute atomic E-state index is 13.3. The van der Waals surface area contributed by atoms with Gasteiger partial charge in [-0.25, -0.2) is 14.0 Å². The molecule has 4 rings (SSSR count). The van der Waals surface area contributed by atoms with E-state index in [2.05, 4.69) is 20.6 Å². The Morgan fingerprint density at radius 2 is 1.90 bits per heavy atom. The number of amides is 1. The third-order valence-electron chi connectivity index (χ3n) is 4.23. The van der Waals surface area contributed by atoms with Crippen molar-refractivity contribution in [3.05, 3.63) is 77.7 Å². The van der Waals surface area contributed by atoms with Crippen molar-refractivity contribution < 1.29 is 13.8 Å². The van der Waals surface area contributed by atoms with Crippen molar-refractivity contribution >= 4 is 47.3 Å². The van der Waals surface area contributed by atoms with Crippen LogP contribution >= 0.6 is 0 Å². The summed E-state index contributed by atoms with van der Waals surface area (Å²) in [7, 11) is 5.53. The molecular formula is C20H13BFN5O2. The predicted octanol–water partition coefficient (Wildman–Crippen LogP) is 2.45. The van der Waals surface area contributed by atoms with Crippen LogP contribution in [0.15, 0.2) is 70.3 Å². The van der Waals surface area contributed by atoms with Gasteiger partial charge < -0.3 is 11.1 Å². The standard InChI is InChI=1S/C20H13BFN5O2/c21-15-10-12(8-9-16(15)22)24-18(23)17-19(27-29-26-17)25-20(28)14-7-3-5-11-4-1-2-6-13(11)14/h1-10H,(H2,23,24)(H,25,27,28). The molecule has 0 spiro atoms. The van der Waals surface area contributed by atoms with Crippen molar-refractivity contribution in [2.75, 3.05) is 5.32 Å². The Morgan fingerprint density at radius 3 is 2.72 bits per heavy atom. The largest absolute Gasteiger partial charge is 0.382 e. The van der Waals surface area contributed by atoms with E-state index in [1.165, 1.54) is 18.2 Å². The van der Waals surface area contributed by atoms with Crippen LogP contribution in [-0.4, -0.2) is 29.9 Å². The third kappa shape index (κ3) is 3.70. The van der Waals surface area contributed by atoms with Gasteiger partial charge in [0.05, 0.1) is 5.69 Å². The van der Waals surface area contributed by atoms with E-state index in [4.69, 9.17) is 18.2 Å². The Kier molecular flexibility index (Phi) is 4.78. The Bertz CT molecular complexity index is 1250. The van der Waals surface area contributed by atoms with Crippen molar-refractivity contribution in [2.45, 2.75) is 0 Å². The molecule has 2 radical (unpaired) electrons. The van der Waals surface area contributed by atoms with Gasteiger partial charge in [0.25, 0.3) is 5.91 Å². The van der Waals surface area contributed by atoms with Crippen LogP contribution in [0.3, 0.4) is 0 Å². The molecule has 0 unspecified atom stereocenters. The summed E-state index contributed by atoms with van der Waals surface area (Å²) in [6.07, 6.45) is 0. The lowest BCUT2D eigenvalue weighted by Gasteiger charge is -2.07. The molecule has 9 heteroatoms. The fraction of sp³-hybridized carbons (Fsp3) is 0. The van der Waals surface area contributed by atoms with Crippen LogP contribution in [0.25, 0.3) is 10.8 Å². The lowest BCUT2D eigenvalue weighted by Crippen LogP contribution is -2.19. The normalized spacial score (nSPS) is 11.6. The SMILES string of the molecule is [B]c1cc(N=C(N)c2nonc2NC(=O)c2cccc3ccccc23)ccc1F. The highest BCUT2D eigenvalue weighted by Gasteiger charge is 2.18. The summed E-state index contributed by atoms with van der Waals surface area (Å²) in [4.78, 5) is 16.9. The van der Waals surface area contributed by atoms with Crippen LogP contribution in [0.1, 0.15) is 16.1 Å². The molecule has 7 nitrogen and oxygen atoms in total. The van der Waals surface area contributed by atoms with Gasteiger partial charge in [-0.3, -0.25) is 4.79 Å². The molecule has 3 aromatic carbocycles. The second kappa shape index (κ2) is 7.55. The smallest absolute Gasteiger partial charge is 0.257 e. The zero-order valence-electron chi connectivity index (χ0n) is 15.0. The van der Waals surface area contributed by atoms with E-state index in [1.54, 1.807) is 12.1 Å². The highest BCUT2D eigenvalue weighted by molar-refractivity contribution is 6.32. The lowest BCUT2D eigenvalue weighted by atomic mass is 9.95. The van der Waals surface area contributed by atoms with Gasteiger partial charge in [-0.15, -0.1) is 0 Å². The molecule has 140 valence electrons. The van der Waals surface area contributed by atoms with E-state index in [0.717, 1.165) is 10.8 Å². The number of hydrogen-bond acceptors (Lipinski definition) is 5. The number of nitrogens with zero attached hydrogens (tertiary/aromatic N) is 3. The summed E-state index contributed by atoms with van der Waals surface area (Å²) in [6.45, 7) is 0. The molecule has 1 aromatic heterocycles. The molecule has 0 aliphatic rings. The summed E-state index contributed by atoms with van der Waals surface area (Å²) in [6, 6.07) is 16.8. The van der Waals surface area contributed by atoms with Gasteiger partial charge in [0.1, 0.15) is 13.7 Å². The molecule has 0 aliphatic carbocycles. The Labute approximate surface area is 165 Å². The van der Waals surface area contributed by atoms with Crippen molar-refractivity contribution in [1.82, 2.24) is 10.3 Å². The maximum Gasteiger partial charge on any atom is 0.257 e. The van der Waals surface area contributed by atoms with Crippen molar-refractivity contribution in [3.8, 4) is 0 Å². The van der Waals surface area contributed by atoms with Crippen molar-refractivity contribution in [2.24, 2.45) is 10.7 Å². The molecule has 0 bridgehead atoms. The minimum Gasteiger partial charge on any atom is -0.382 e. The van der Waals surface area contributed by atoms with Gasteiger partial charge in [-0.2, -0.15) is 0 Å². The van der Waals surface area contributed by atoms with E-state index in [1.807, 2.05) is 30.3 Å². The molecule has 0 atom stereocenters. The Balaban J connectivity index is 1.63. The number of benzene rings is 3. The van der Waals surface area contributed by atoms with E-state index < -0.39 is 11.7 Å². The number of rotatable bonds is 4. The molecular weight excluding hydrogens is 372 g/mol. The molecule has 0 aliphatic heterocycles. The summed E-state index contributed by atoms with van der Waals surface area (Å²) >= 11 is 0. The number of carbonyl (C=O) groups excluding carboxylic acids is 1. The van der Waals surface area contributed by atoms with Crippen LogP contribution in [0, 0.1) is 5.82 Å². The number of carbonyl (C=O) groups is 1. The fourth-order valence-electron chi connectivity index (χ4n) is 2.83. The number of aromatic nitrogens is 2. The Hall–Kier alpha value is -4.01. The minimum absolute atomic E-state index is 0.0132. The number of aliphatic imine (C=N–C) groups is 1. The van der Waals surface area contributed by atoms with Gasteiger partial charge in [0, 0.05) is 5.56 Å². The third-order valence-corrected chi connectivity index (χ3v) is 4.23. The number of nitrogens with one attached hydrogen (secondary N) is 1. The minimum atomic E-state index is -0.561. The number of hydrogen-bond donors (Lipinski definition) is 2. The van der Waals surface area contributed by atoms with Gasteiger partial charge in [-0.1, -0.05) is 41.9 Å². The molecule has 0 saturated carbocycles. The first-order chi connectivity index (χ1) is 14.0. The summed E-state index contributed by atoms with van der Waals surface area (Å²) in [5.74, 6) is -1.03. The van der Waals surface area contributed by atoms with Crippen LogP contribution in [-0.2, 0) is 0 Å². The monoisotopic (exact) mass is 385 g/mol. The molecule has 1 heterocycles. The molecule has 29 heavy (non-hydrogen) atoms. The average molecular weight is 385 g/mol. The van der Waals surface area contributed by atoms with Gasteiger partial charge in [-0.05, 0) is 45.4 Å². The maximum atomic E-state index is 13.3. The number of halogens is 1. The van der Waals surface area contributed by atoms with Gasteiger partial charge >= 0.3 is 0 Å². The number of anilines is 1. The molecule has 0 fully saturated rings. The quantitative estimate of drug-likeness (QED) is 0.319. The first-order valence-corrected chi connectivity index (χ1v) is 8.54. The molecule has 4 aromatic rings. The fourth-order valence-corrected chi connectivity index (χ4v) is 2.83. The summed E-state index contributed by atoms with van der Waals surface area (Å²) in [5.41, 5.74) is 6.72. The predicted molar refractivity (Wildman–Crippen MR) is 108 cm³/mol. The highest BCUT2D eigenvalue weighted by atomic mass is 19.1. The lowest BCUT2D eigenvalue weighted by molar-refractivity contribution is 0.102. The van der Waals surface area contributed by atoms with Crippen molar-refractivity contribution in [3.63, 3.8) is 0 Å². The van der Waals surface area contributed by atoms with Gasteiger partial charge in [0.2, 0.25) is 5.82 Å². The second-order valence-corrected chi connectivity index (χ2v) is 6.15. The number of nitrogens with two attached hydrogens (primary N) is 1.